The van der Waals surface area contributed by atoms with E-state index < -0.39 is 5.91 Å². The minimum absolute atomic E-state index is 0.181. The molecule has 1 aliphatic rings. The zero-order valence-electron chi connectivity index (χ0n) is 18.3. The molecule has 0 aromatic carbocycles. The van der Waals surface area contributed by atoms with E-state index >= 15 is 0 Å². The molecule has 0 aliphatic heterocycles. The fraction of sp³-hybridized carbons (Fsp3) is 0.381. The first kappa shape index (κ1) is 21.3. The van der Waals surface area contributed by atoms with Gasteiger partial charge >= 0.3 is 0 Å². The number of nitrogens with one attached hydrogen (secondary N) is 3. The molecule has 3 aromatic heterocycles. The normalized spacial score (nSPS) is 13.8. The van der Waals surface area contributed by atoms with Crippen molar-refractivity contribution < 1.29 is 14.4 Å². The van der Waals surface area contributed by atoms with Crippen LogP contribution in [0, 0.1) is 0 Å². The number of imidazole rings is 2. The highest BCUT2D eigenvalue weighted by atomic mass is 16.2. The Labute approximate surface area is 184 Å². The van der Waals surface area contributed by atoms with Crippen LogP contribution in [0.5, 0.6) is 0 Å². The summed E-state index contributed by atoms with van der Waals surface area (Å²) in [6.45, 7) is 0. The number of anilines is 2. The summed E-state index contributed by atoms with van der Waals surface area (Å²) in [7, 11) is 5.13. The van der Waals surface area contributed by atoms with Crippen LogP contribution in [0.4, 0.5) is 11.5 Å². The molecule has 0 atom stereocenters. The Bertz CT molecular complexity index is 1170. The van der Waals surface area contributed by atoms with Gasteiger partial charge in [0, 0.05) is 52.0 Å². The van der Waals surface area contributed by atoms with Crippen molar-refractivity contribution in [2.75, 3.05) is 10.6 Å². The third kappa shape index (κ3) is 4.41. The molecule has 1 aliphatic carbocycles. The molecule has 4 rings (SSSR count). The molecule has 3 aromatic rings. The van der Waals surface area contributed by atoms with E-state index in [9.17, 15) is 14.4 Å². The van der Waals surface area contributed by atoms with Crippen LogP contribution in [-0.4, -0.2) is 47.4 Å². The number of rotatable bonds is 6. The minimum Gasteiger partial charge on any atom is -0.347 e. The number of amides is 3. The number of carbonyl (C=O) groups excluding carboxylic acids is 3. The molecule has 11 heteroatoms. The van der Waals surface area contributed by atoms with Crippen molar-refractivity contribution in [3.63, 3.8) is 0 Å². The van der Waals surface area contributed by atoms with Gasteiger partial charge in [-0.25, -0.2) is 9.97 Å². The van der Waals surface area contributed by atoms with E-state index in [1.165, 1.54) is 6.20 Å². The molecule has 11 nitrogen and oxygen atoms in total. The second-order valence-corrected chi connectivity index (χ2v) is 8.01. The maximum absolute atomic E-state index is 12.8. The lowest BCUT2D eigenvalue weighted by Gasteiger charge is -2.11. The van der Waals surface area contributed by atoms with Crippen molar-refractivity contribution >= 4 is 29.2 Å². The first-order valence-electron chi connectivity index (χ1n) is 10.4. The third-order valence-corrected chi connectivity index (χ3v) is 5.53. The molecule has 1 fully saturated rings. The Balaban J connectivity index is 1.42. The van der Waals surface area contributed by atoms with Gasteiger partial charge in [-0.15, -0.1) is 0 Å². The quantitative estimate of drug-likeness (QED) is 0.539. The number of hydrogen-bond acceptors (Lipinski definition) is 5. The minimum atomic E-state index is -0.411. The molecule has 0 spiro atoms. The summed E-state index contributed by atoms with van der Waals surface area (Å²) < 4.78 is 4.79. The number of carbonyl (C=O) groups is 3. The standard InChI is InChI=1S/C21H26N8O3/c1-27-9-8-22-17(27)20(31)24-14-10-15(28(2)11-14)19(30)26-16-12-29(3)18(25-16)21(32)23-13-6-4-5-7-13/h8-13H,4-7H2,1-3H3,(H,23,32)(H,24,31)(H,26,30). The number of aryl methyl sites for hydroxylation is 3. The van der Waals surface area contributed by atoms with Gasteiger partial charge in [-0.1, -0.05) is 12.8 Å². The number of hydrogen-bond donors (Lipinski definition) is 3. The van der Waals surface area contributed by atoms with Crippen LogP contribution in [0.25, 0.3) is 0 Å². The Morgan fingerprint density at radius 3 is 2.34 bits per heavy atom. The Morgan fingerprint density at radius 2 is 1.66 bits per heavy atom. The summed E-state index contributed by atoms with van der Waals surface area (Å²) in [5, 5.41) is 8.44. The van der Waals surface area contributed by atoms with E-state index in [1.807, 2.05) is 0 Å². The van der Waals surface area contributed by atoms with Gasteiger partial charge in [-0.2, -0.15) is 0 Å². The van der Waals surface area contributed by atoms with Gasteiger partial charge in [0.15, 0.2) is 11.6 Å². The van der Waals surface area contributed by atoms with Gasteiger partial charge in [0.25, 0.3) is 17.7 Å². The zero-order valence-corrected chi connectivity index (χ0v) is 18.3. The zero-order chi connectivity index (χ0) is 22.8. The van der Waals surface area contributed by atoms with E-state index in [1.54, 1.807) is 59.5 Å². The molecule has 3 heterocycles. The van der Waals surface area contributed by atoms with Crippen molar-refractivity contribution in [1.82, 2.24) is 29.0 Å². The lowest BCUT2D eigenvalue weighted by atomic mass is 10.2. The average Bonchev–Trinajstić information content (AvgIpc) is 3.51. The molecule has 0 saturated heterocycles. The summed E-state index contributed by atoms with van der Waals surface area (Å²) in [5.74, 6) is -0.269. The van der Waals surface area contributed by atoms with Crippen molar-refractivity contribution in [3.05, 3.63) is 48.2 Å². The van der Waals surface area contributed by atoms with Crippen molar-refractivity contribution in [3.8, 4) is 0 Å². The molecule has 3 N–H and O–H groups in total. The lowest BCUT2D eigenvalue weighted by Crippen LogP contribution is -2.34. The van der Waals surface area contributed by atoms with Gasteiger partial charge in [-0.3, -0.25) is 14.4 Å². The summed E-state index contributed by atoms with van der Waals surface area (Å²) >= 11 is 0. The van der Waals surface area contributed by atoms with E-state index in [-0.39, 0.29) is 35.3 Å². The van der Waals surface area contributed by atoms with Crippen molar-refractivity contribution in [2.45, 2.75) is 31.7 Å². The van der Waals surface area contributed by atoms with Crippen LogP contribution < -0.4 is 16.0 Å². The van der Waals surface area contributed by atoms with Crippen LogP contribution in [0.3, 0.4) is 0 Å². The molecule has 0 unspecified atom stereocenters. The van der Waals surface area contributed by atoms with Crippen LogP contribution in [0.15, 0.2) is 30.9 Å². The van der Waals surface area contributed by atoms with Crippen LogP contribution in [0.2, 0.25) is 0 Å². The first-order chi connectivity index (χ1) is 15.3. The van der Waals surface area contributed by atoms with E-state index in [2.05, 4.69) is 25.9 Å². The molecule has 3 amide bonds. The average molecular weight is 438 g/mol. The summed E-state index contributed by atoms with van der Waals surface area (Å²) in [4.78, 5) is 45.9. The lowest BCUT2D eigenvalue weighted by molar-refractivity contribution is 0.0922. The highest BCUT2D eigenvalue weighted by molar-refractivity contribution is 6.06. The molecule has 1 saturated carbocycles. The summed E-state index contributed by atoms with van der Waals surface area (Å²) in [6.07, 6.45) is 10.6. The van der Waals surface area contributed by atoms with E-state index in [0.29, 0.717) is 11.4 Å². The molecule has 32 heavy (non-hydrogen) atoms. The highest BCUT2D eigenvalue weighted by Crippen LogP contribution is 2.19. The maximum atomic E-state index is 12.8. The van der Waals surface area contributed by atoms with Crippen LogP contribution in [-0.2, 0) is 21.1 Å². The van der Waals surface area contributed by atoms with Crippen molar-refractivity contribution in [2.24, 2.45) is 21.1 Å². The van der Waals surface area contributed by atoms with Gasteiger partial charge < -0.3 is 29.7 Å². The molecule has 0 bridgehead atoms. The Kier molecular flexibility index (Phi) is 5.80. The van der Waals surface area contributed by atoms with E-state index in [0.717, 1.165) is 25.7 Å². The maximum Gasteiger partial charge on any atom is 0.291 e. The first-order valence-corrected chi connectivity index (χ1v) is 10.4. The fourth-order valence-electron chi connectivity index (χ4n) is 3.87. The predicted octanol–water partition coefficient (Wildman–Crippen LogP) is 1.67. The smallest absolute Gasteiger partial charge is 0.291 e. The highest BCUT2D eigenvalue weighted by Gasteiger charge is 2.22. The number of aromatic nitrogens is 5. The van der Waals surface area contributed by atoms with Gasteiger partial charge in [0.05, 0.1) is 5.69 Å². The van der Waals surface area contributed by atoms with Crippen LogP contribution in [0.1, 0.15) is 57.4 Å². The molecule has 168 valence electrons. The monoisotopic (exact) mass is 438 g/mol. The molecular formula is C21H26N8O3. The number of nitrogens with zero attached hydrogens (tertiary/aromatic N) is 5. The third-order valence-electron chi connectivity index (χ3n) is 5.53. The molecule has 0 radical (unpaired) electrons. The molecular weight excluding hydrogens is 412 g/mol. The second kappa shape index (κ2) is 8.69. The van der Waals surface area contributed by atoms with Gasteiger partial charge in [0.1, 0.15) is 5.69 Å². The van der Waals surface area contributed by atoms with E-state index in [4.69, 9.17) is 0 Å². The predicted molar refractivity (Wildman–Crippen MR) is 117 cm³/mol. The van der Waals surface area contributed by atoms with Crippen LogP contribution >= 0.6 is 0 Å². The topological polar surface area (TPSA) is 128 Å². The fourth-order valence-corrected chi connectivity index (χ4v) is 3.87. The van der Waals surface area contributed by atoms with Gasteiger partial charge in [-0.05, 0) is 18.9 Å². The summed E-state index contributed by atoms with van der Waals surface area (Å²) in [5.41, 5.74) is 0.783. The SMILES string of the molecule is Cn1cc(NC(=O)c2nccn2C)cc1C(=O)Nc1cn(C)c(C(=O)NC2CCCC2)n1. The van der Waals surface area contributed by atoms with Gasteiger partial charge in [0.2, 0.25) is 5.82 Å². The Hall–Kier alpha value is -3.89. The Morgan fingerprint density at radius 1 is 0.906 bits per heavy atom. The van der Waals surface area contributed by atoms with Crippen molar-refractivity contribution in [1.29, 1.82) is 0 Å². The summed E-state index contributed by atoms with van der Waals surface area (Å²) in [6, 6.07) is 1.74. The second-order valence-electron chi connectivity index (χ2n) is 8.01. The largest absolute Gasteiger partial charge is 0.347 e.